The molecule has 35 heavy (non-hydrogen) atoms. The molecule has 1 heterocycles. The molecule has 1 fully saturated rings. The van der Waals surface area contributed by atoms with Gasteiger partial charge in [-0.15, -0.1) is 0 Å². The minimum atomic E-state index is -0.404. The summed E-state index contributed by atoms with van der Waals surface area (Å²) in [5, 5.41) is 13.7. The molecule has 3 unspecified atom stereocenters. The minimum absolute atomic E-state index is 0.234. The zero-order valence-electron chi connectivity index (χ0n) is 19.7. The number of carbonyl (C=O) groups is 1. The second-order valence-corrected chi connectivity index (χ2v) is 8.95. The number of anilines is 1. The second kappa shape index (κ2) is 11.2. The molecule has 9 nitrogen and oxygen atoms in total. The number of ether oxygens (including phenoxy) is 1. The molecule has 0 saturated heterocycles. The highest BCUT2D eigenvalue weighted by Gasteiger charge is 2.38. The number of fused-ring (bicyclic) bond motifs is 1. The number of nitrogens with one attached hydrogen (secondary N) is 2. The summed E-state index contributed by atoms with van der Waals surface area (Å²) in [6.45, 7) is 6.52. The van der Waals surface area contributed by atoms with Gasteiger partial charge < -0.3 is 20.9 Å². The third kappa shape index (κ3) is 5.57. The van der Waals surface area contributed by atoms with Crippen LogP contribution in [0, 0.1) is 5.92 Å². The lowest BCUT2D eigenvalue weighted by Crippen LogP contribution is -2.44. The molecular formula is C25H30ClN7O2. The van der Waals surface area contributed by atoms with Crippen LogP contribution in [0.3, 0.4) is 0 Å². The predicted octanol–water partition coefficient (Wildman–Crippen LogP) is 5.55. The first-order valence-corrected chi connectivity index (χ1v) is 12.1. The molecule has 0 radical (unpaired) electrons. The van der Waals surface area contributed by atoms with Gasteiger partial charge in [0.2, 0.25) is 0 Å². The monoisotopic (exact) mass is 495 g/mol. The number of nitrogens with two attached hydrogens (primary N) is 1. The van der Waals surface area contributed by atoms with Gasteiger partial charge in [0.05, 0.1) is 47.7 Å². The van der Waals surface area contributed by atoms with E-state index < -0.39 is 6.04 Å². The zero-order valence-corrected chi connectivity index (χ0v) is 20.4. The van der Waals surface area contributed by atoms with Crippen LogP contribution in [0.1, 0.15) is 44.2 Å². The van der Waals surface area contributed by atoms with E-state index in [0.29, 0.717) is 23.7 Å². The summed E-state index contributed by atoms with van der Waals surface area (Å²) in [7, 11) is 0. The number of benzene rings is 2. The van der Waals surface area contributed by atoms with Crippen molar-refractivity contribution in [1.29, 1.82) is 0 Å². The summed E-state index contributed by atoms with van der Waals surface area (Å²) < 4.78 is 5.37. The van der Waals surface area contributed by atoms with E-state index >= 15 is 0 Å². The van der Waals surface area contributed by atoms with E-state index in [4.69, 9.17) is 22.2 Å². The van der Waals surface area contributed by atoms with E-state index in [1.165, 1.54) is 0 Å². The number of carbonyl (C=O) groups excluding carboxylic acids is 1. The maximum absolute atomic E-state index is 12.8. The van der Waals surface area contributed by atoms with Gasteiger partial charge in [0.25, 0.3) is 0 Å². The molecule has 3 atom stereocenters. The number of H-pyrrole nitrogens is 1. The molecule has 4 rings (SSSR count). The molecule has 3 aromatic rings. The maximum Gasteiger partial charge on any atom is 0.311 e. The number of hydrogen-bond acceptors (Lipinski definition) is 6. The van der Waals surface area contributed by atoms with E-state index in [2.05, 4.69) is 32.3 Å². The molecule has 0 aliphatic heterocycles. The smallest absolute Gasteiger partial charge is 0.311 e. The maximum atomic E-state index is 12.8. The number of hydrogen-bond donors (Lipinski definition) is 3. The van der Waals surface area contributed by atoms with Gasteiger partial charge in [-0.2, -0.15) is 0 Å². The van der Waals surface area contributed by atoms with E-state index in [9.17, 15) is 4.79 Å². The fourth-order valence-corrected chi connectivity index (χ4v) is 4.78. The summed E-state index contributed by atoms with van der Waals surface area (Å²) in [6, 6.07) is 12.7. The van der Waals surface area contributed by atoms with Crippen LogP contribution in [0.2, 0.25) is 5.02 Å². The molecule has 1 aliphatic rings. The average molecular weight is 496 g/mol. The highest BCUT2D eigenvalue weighted by atomic mass is 35.5. The van der Waals surface area contributed by atoms with E-state index in [1.807, 2.05) is 49.4 Å². The molecule has 0 amide bonds. The Morgan fingerprint density at radius 2 is 2.09 bits per heavy atom. The summed E-state index contributed by atoms with van der Waals surface area (Å²) in [5.74, 6) is 4.94. The highest BCUT2D eigenvalue weighted by Crippen LogP contribution is 2.37. The Morgan fingerprint density at radius 1 is 1.31 bits per heavy atom. The average Bonchev–Trinajstić information content (AvgIpc) is 3.34. The van der Waals surface area contributed by atoms with Crippen LogP contribution >= 0.6 is 11.6 Å². The van der Waals surface area contributed by atoms with Gasteiger partial charge in [-0.1, -0.05) is 48.4 Å². The summed E-state index contributed by atoms with van der Waals surface area (Å²) in [5.41, 5.74) is 4.15. The van der Waals surface area contributed by atoms with Crippen molar-refractivity contribution < 1.29 is 9.53 Å². The number of halogens is 1. The Bertz CT molecular complexity index is 1190. The van der Waals surface area contributed by atoms with Crippen LogP contribution in [-0.2, 0) is 9.53 Å². The van der Waals surface area contributed by atoms with Crippen molar-refractivity contribution in [2.45, 2.75) is 44.7 Å². The number of nitrogens with zero attached hydrogens (tertiary/aromatic N) is 4. The third-order valence-corrected chi connectivity index (χ3v) is 6.60. The fourth-order valence-electron chi connectivity index (χ4n) is 4.66. The second-order valence-electron chi connectivity index (χ2n) is 8.51. The first kappa shape index (κ1) is 24.5. The molecule has 0 bridgehead atoms. The molecule has 10 heteroatoms. The molecule has 4 N–H and O–H groups in total. The van der Waals surface area contributed by atoms with Gasteiger partial charge in [0.1, 0.15) is 0 Å². The molecule has 184 valence electrons. The number of aromatic amines is 1. The van der Waals surface area contributed by atoms with Crippen LogP contribution < -0.4 is 11.2 Å². The number of esters is 1. The van der Waals surface area contributed by atoms with Crippen LogP contribution in [0.5, 0.6) is 0 Å². The van der Waals surface area contributed by atoms with E-state index in [-0.39, 0.29) is 17.9 Å². The SMILES string of the molecule is C=C(C(Nc1ccc2[nH]cnc2c1)c1ccc(Cl)cc1)N(/N=N\N)C1CCCCC1C(=O)OCC. The highest BCUT2D eigenvalue weighted by molar-refractivity contribution is 6.30. The van der Waals surface area contributed by atoms with Crippen LogP contribution in [0.25, 0.3) is 11.0 Å². The van der Waals surface area contributed by atoms with E-state index in [1.54, 1.807) is 11.3 Å². The number of aromatic nitrogens is 2. The van der Waals surface area contributed by atoms with Crippen molar-refractivity contribution >= 4 is 34.3 Å². The van der Waals surface area contributed by atoms with Crippen LogP contribution in [-0.4, -0.2) is 33.6 Å². The Hall–Kier alpha value is -3.59. The molecule has 1 aromatic heterocycles. The largest absolute Gasteiger partial charge is 0.466 e. The first-order chi connectivity index (χ1) is 17.0. The zero-order chi connectivity index (χ0) is 24.8. The first-order valence-electron chi connectivity index (χ1n) is 11.7. The lowest BCUT2D eigenvalue weighted by atomic mass is 9.83. The summed E-state index contributed by atoms with van der Waals surface area (Å²) in [4.78, 5) is 20.2. The molecule has 1 aliphatic carbocycles. The normalized spacial score (nSPS) is 18.9. The van der Waals surface area contributed by atoms with Crippen molar-refractivity contribution in [2.24, 2.45) is 22.2 Å². The van der Waals surface area contributed by atoms with Gasteiger partial charge in [-0.3, -0.25) is 4.79 Å². The number of rotatable bonds is 9. The van der Waals surface area contributed by atoms with Crippen molar-refractivity contribution in [3.05, 3.63) is 71.7 Å². The summed E-state index contributed by atoms with van der Waals surface area (Å²) in [6.07, 6.45) is 5.02. The molecule has 1 saturated carbocycles. The van der Waals surface area contributed by atoms with Gasteiger partial charge in [-0.25, -0.2) is 9.99 Å². The lowest BCUT2D eigenvalue weighted by molar-refractivity contribution is -0.151. The minimum Gasteiger partial charge on any atom is -0.466 e. The molecule has 0 spiro atoms. The van der Waals surface area contributed by atoms with Gasteiger partial charge in [-0.05, 0) is 60.9 Å². The Morgan fingerprint density at radius 3 is 2.83 bits per heavy atom. The van der Waals surface area contributed by atoms with Crippen molar-refractivity contribution in [3.8, 4) is 0 Å². The third-order valence-electron chi connectivity index (χ3n) is 6.34. The Balaban J connectivity index is 1.69. The topological polar surface area (TPSA) is 121 Å². The fraction of sp³-hybridized carbons (Fsp3) is 0.360. The van der Waals surface area contributed by atoms with Crippen molar-refractivity contribution in [1.82, 2.24) is 15.0 Å². The van der Waals surface area contributed by atoms with Crippen molar-refractivity contribution in [3.63, 3.8) is 0 Å². The lowest BCUT2D eigenvalue weighted by Gasteiger charge is -2.39. The Kier molecular flexibility index (Phi) is 7.87. The standard InChI is InChI=1S/C25H30ClN7O2/c1-3-35-25(34)20-6-4-5-7-23(20)33(32-31-27)16(2)24(17-8-10-18(26)11-9-17)30-19-12-13-21-22(14-19)29-15-28-21/h8-15,20,23-24,30H,2-7H2,1H3,(H2,27,32)(H,28,29). The van der Waals surface area contributed by atoms with Gasteiger partial charge >= 0.3 is 5.97 Å². The molecular weight excluding hydrogens is 466 g/mol. The van der Waals surface area contributed by atoms with Crippen molar-refractivity contribution in [2.75, 3.05) is 11.9 Å². The van der Waals surface area contributed by atoms with Gasteiger partial charge in [0.15, 0.2) is 0 Å². The quantitative estimate of drug-likeness (QED) is 0.155. The predicted molar refractivity (Wildman–Crippen MR) is 136 cm³/mol. The molecule has 2 aromatic carbocycles. The van der Waals surface area contributed by atoms with Crippen LogP contribution in [0.4, 0.5) is 5.69 Å². The van der Waals surface area contributed by atoms with Gasteiger partial charge in [0, 0.05) is 10.7 Å². The van der Waals surface area contributed by atoms with Crippen LogP contribution in [0.15, 0.2) is 71.5 Å². The summed E-state index contributed by atoms with van der Waals surface area (Å²) >= 11 is 6.16. The van der Waals surface area contributed by atoms with E-state index in [0.717, 1.165) is 41.5 Å². The Labute approximate surface area is 209 Å². The number of imidazole rings is 1.